The summed E-state index contributed by atoms with van der Waals surface area (Å²) in [7, 11) is 1.46. The molecule has 104 valence electrons. The van der Waals surface area contributed by atoms with Crippen molar-refractivity contribution < 1.29 is 9.13 Å². The lowest BCUT2D eigenvalue weighted by Gasteiger charge is -2.12. The Labute approximate surface area is 121 Å². The number of ether oxygens (including phenoxy) is 1. The van der Waals surface area contributed by atoms with Crippen LogP contribution >= 0.6 is 12.2 Å². The molecule has 1 fully saturated rings. The maximum atomic E-state index is 14.4. The van der Waals surface area contributed by atoms with Gasteiger partial charge in [0.2, 0.25) is 0 Å². The van der Waals surface area contributed by atoms with Crippen LogP contribution in [0.4, 0.5) is 4.39 Å². The lowest BCUT2D eigenvalue weighted by Crippen LogP contribution is -2.01. The highest BCUT2D eigenvalue weighted by atomic mass is 32.1. The summed E-state index contributed by atoms with van der Waals surface area (Å²) in [6.45, 7) is 1.86. The second kappa shape index (κ2) is 4.98. The summed E-state index contributed by atoms with van der Waals surface area (Å²) in [5.74, 6) is 1.14. The molecule has 0 unspecified atom stereocenters. The summed E-state index contributed by atoms with van der Waals surface area (Å²) in [6, 6.07) is 5.10. The summed E-state index contributed by atoms with van der Waals surface area (Å²) in [6.07, 6.45) is 2.22. The standard InChI is InChI=1S/C15H15FN2OS/c1-8-13(10-4-3-5-11(19-2)12(10)16)17-14(9-6-7-9)18-15(8)20/h3-5,9H,6-7H2,1-2H3,(H,17,18,20). The molecule has 2 aromatic rings. The molecule has 1 aromatic heterocycles. The Morgan fingerprint density at radius 1 is 1.40 bits per heavy atom. The molecule has 1 saturated carbocycles. The average molecular weight is 290 g/mol. The van der Waals surface area contributed by atoms with Gasteiger partial charge in [0.15, 0.2) is 11.6 Å². The fourth-order valence-electron chi connectivity index (χ4n) is 2.23. The lowest BCUT2D eigenvalue weighted by atomic mass is 10.1. The van der Waals surface area contributed by atoms with Crippen LogP contribution in [0.25, 0.3) is 11.3 Å². The van der Waals surface area contributed by atoms with Crippen molar-refractivity contribution >= 4 is 12.2 Å². The number of rotatable bonds is 3. The van der Waals surface area contributed by atoms with Crippen LogP contribution in [0.15, 0.2) is 18.2 Å². The zero-order valence-corrected chi connectivity index (χ0v) is 12.2. The molecule has 1 aliphatic rings. The average Bonchev–Trinajstić information content (AvgIpc) is 3.27. The number of aromatic nitrogens is 2. The van der Waals surface area contributed by atoms with Gasteiger partial charge in [-0.25, -0.2) is 9.37 Å². The Hall–Kier alpha value is -1.75. The predicted molar refractivity (Wildman–Crippen MR) is 78.1 cm³/mol. The molecule has 0 radical (unpaired) electrons. The zero-order chi connectivity index (χ0) is 14.3. The number of H-pyrrole nitrogens is 1. The molecule has 1 aromatic carbocycles. The van der Waals surface area contributed by atoms with Crippen LogP contribution in [0, 0.1) is 17.4 Å². The second-order valence-electron chi connectivity index (χ2n) is 5.02. The van der Waals surface area contributed by atoms with Crippen LogP contribution in [0.3, 0.4) is 0 Å². The van der Waals surface area contributed by atoms with Gasteiger partial charge in [-0.1, -0.05) is 18.3 Å². The molecule has 0 saturated heterocycles. The van der Waals surface area contributed by atoms with E-state index >= 15 is 0 Å². The van der Waals surface area contributed by atoms with Crippen molar-refractivity contribution in [1.82, 2.24) is 9.97 Å². The molecule has 0 amide bonds. The largest absolute Gasteiger partial charge is 0.494 e. The molecule has 0 spiro atoms. The van der Waals surface area contributed by atoms with Gasteiger partial charge < -0.3 is 9.72 Å². The first-order valence-electron chi connectivity index (χ1n) is 6.55. The SMILES string of the molecule is COc1cccc(-c2[nH]c(C3CC3)nc(=S)c2C)c1F. The van der Waals surface area contributed by atoms with Crippen LogP contribution in [-0.2, 0) is 0 Å². The highest BCUT2D eigenvalue weighted by Gasteiger charge is 2.27. The van der Waals surface area contributed by atoms with Crippen LogP contribution in [0.5, 0.6) is 5.75 Å². The van der Waals surface area contributed by atoms with E-state index in [0.29, 0.717) is 21.8 Å². The van der Waals surface area contributed by atoms with E-state index in [9.17, 15) is 4.39 Å². The number of hydrogen-bond donors (Lipinski definition) is 1. The Kier molecular flexibility index (Phi) is 3.30. The Balaban J connectivity index is 2.21. The van der Waals surface area contributed by atoms with Crippen molar-refractivity contribution in [2.45, 2.75) is 25.7 Å². The van der Waals surface area contributed by atoms with Gasteiger partial charge in [-0.05, 0) is 31.9 Å². The topological polar surface area (TPSA) is 37.9 Å². The Bertz CT molecular complexity index is 722. The molecule has 0 aliphatic heterocycles. The molecule has 1 aliphatic carbocycles. The van der Waals surface area contributed by atoms with Crippen molar-refractivity contribution in [3.8, 4) is 17.0 Å². The van der Waals surface area contributed by atoms with E-state index in [1.807, 2.05) is 6.92 Å². The van der Waals surface area contributed by atoms with E-state index in [-0.39, 0.29) is 11.6 Å². The number of halogens is 1. The maximum absolute atomic E-state index is 14.4. The smallest absolute Gasteiger partial charge is 0.174 e. The number of nitrogens with zero attached hydrogens (tertiary/aromatic N) is 1. The highest BCUT2D eigenvalue weighted by Crippen LogP contribution is 2.39. The van der Waals surface area contributed by atoms with Crippen LogP contribution in [0.2, 0.25) is 0 Å². The number of methoxy groups -OCH3 is 1. The monoisotopic (exact) mass is 290 g/mol. The molecule has 1 heterocycles. The minimum atomic E-state index is -0.378. The highest BCUT2D eigenvalue weighted by molar-refractivity contribution is 7.71. The van der Waals surface area contributed by atoms with E-state index in [0.717, 1.165) is 24.2 Å². The number of nitrogens with one attached hydrogen (secondary N) is 1. The summed E-state index contributed by atoms with van der Waals surface area (Å²) in [5, 5.41) is 0. The van der Waals surface area contributed by atoms with E-state index in [1.54, 1.807) is 18.2 Å². The van der Waals surface area contributed by atoms with Gasteiger partial charge in [-0.2, -0.15) is 0 Å². The fraction of sp³-hybridized carbons (Fsp3) is 0.333. The zero-order valence-electron chi connectivity index (χ0n) is 11.4. The van der Waals surface area contributed by atoms with Crippen molar-refractivity contribution in [3.63, 3.8) is 0 Å². The summed E-state index contributed by atoms with van der Waals surface area (Å²) < 4.78 is 20.0. The molecule has 3 nitrogen and oxygen atoms in total. The van der Waals surface area contributed by atoms with Gasteiger partial charge in [0.1, 0.15) is 10.5 Å². The molecular formula is C15H15FN2OS. The van der Waals surface area contributed by atoms with Crippen molar-refractivity contribution in [3.05, 3.63) is 40.0 Å². The first-order valence-corrected chi connectivity index (χ1v) is 6.96. The van der Waals surface area contributed by atoms with Gasteiger partial charge in [0.05, 0.1) is 12.8 Å². The summed E-state index contributed by atoms with van der Waals surface area (Å²) >= 11 is 5.29. The second-order valence-corrected chi connectivity index (χ2v) is 5.41. The van der Waals surface area contributed by atoms with Crippen LogP contribution in [0.1, 0.15) is 30.1 Å². The number of hydrogen-bond acceptors (Lipinski definition) is 3. The third kappa shape index (κ3) is 2.22. The number of benzene rings is 1. The van der Waals surface area contributed by atoms with Gasteiger partial charge in [0.25, 0.3) is 0 Å². The molecule has 1 N–H and O–H groups in total. The van der Waals surface area contributed by atoms with E-state index in [1.165, 1.54) is 7.11 Å². The van der Waals surface area contributed by atoms with E-state index in [4.69, 9.17) is 17.0 Å². The van der Waals surface area contributed by atoms with Gasteiger partial charge in [-0.15, -0.1) is 0 Å². The van der Waals surface area contributed by atoms with Gasteiger partial charge in [-0.3, -0.25) is 0 Å². The molecule has 0 bridgehead atoms. The minimum Gasteiger partial charge on any atom is -0.494 e. The van der Waals surface area contributed by atoms with E-state index in [2.05, 4.69) is 9.97 Å². The maximum Gasteiger partial charge on any atom is 0.174 e. The molecule has 0 atom stereocenters. The third-order valence-electron chi connectivity index (χ3n) is 3.59. The van der Waals surface area contributed by atoms with Crippen molar-refractivity contribution in [2.24, 2.45) is 0 Å². The first kappa shape index (κ1) is 13.2. The fourth-order valence-corrected chi connectivity index (χ4v) is 2.43. The van der Waals surface area contributed by atoms with Crippen molar-refractivity contribution in [1.29, 1.82) is 0 Å². The van der Waals surface area contributed by atoms with Crippen molar-refractivity contribution in [2.75, 3.05) is 7.11 Å². The number of aromatic amines is 1. The molecular weight excluding hydrogens is 275 g/mol. The minimum absolute atomic E-state index is 0.228. The van der Waals surface area contributed by atoms with Gasteiger partial charge in [0, 0.05) is 17.0 Å². The normalized spacial score (nSPS) is 14.3. The van der Waals surface area contributed by atoms with Crippen LogP contribution in [-0.4, -0.2) is 17.1 Å². The summed E-state index contributed by atoms with van der Waals surface area (Å²) in [5.41, 5.74) is 1.96. The molecule has 5 heteroatoms. The first-order chi connectivity index (χ1) is 9.61. The Morgan fingerprint density at radius 3 is 2.80 bits per heavy atom. The molecule has 20 heavy (non-hydrogen) atoms. The quantitative estimate of drug-likeness (QED) is 0.863. The summed E-state index contributed by atoms with van der Waals surface area (Å²) in [4.78, 5) is 7.65. The third-order valence-corrected chi connectivity index (χ3v) is 3.98. The molecule has 3 rings (SSSR count). The van der Waals surface area contributed by atoms with Gasteiger partial charge >= 0.3 is 0 Å². The lowest BCUT2D eigenvalue weighted by molar-refractivity contribution is 0.387. The van der Waals surface area contributed by atoms with E-state index < -0.39 is 0 Å². The predicted octanol–water partition coefficient (Wildman–Crippen LogP) is 4.14. The Morgan fingerprint density at radius 2 is 2.15 bits per heavy atom. The van der Waals surface area contributed by atoms with Crippen LogP contribution < -0.4 is 4.74 Å².